The smallest absolute Gasteiger partial charge is 0.167 e. The van der Waals surface area contributed by atoms with Gasteiger partial charge in [0.25, 0.3) is 0 Å². The van der Waals surface area contributed by atoms with E-state index in [-0.39, 0.29) is 11.4 Å². The van der Waals surface area contributed by atoms with Gasteiger partial charge in [0.1, 0.15) is 12.4 Å². The number of benzene rings is 1. The van der Waals surface area contributed by atoms with Gasteiger partial charge >= 0.3 is 0 Å². The third kappa shape index (κ3) is 3.06. The van der Waals surface area contributed by atoms with E-state index in [9.17, 15) is 8.78 Å². The fourth-order valence-electron chi connectivity index (χ4n) is 1.95. The van der Waals surface area contributed by atoms with Crippen LogP contribution in [0.2, 0.25) is 0 Å². The lowest BCUT2D eigenvalue weighted by Gasteiger charge is -2.15. The molecule has 1 aliphatic rings. The average Bonchev–Trinajstić information content (AvgIpc) is 2.78. The van der Waals surface area contributed by atoms with E-state index in [1.54, 1.807) is 0 Å². The fraction of sp³-hybridized carbons (Fsp3) is 0.500. The van der Waals surface area contributed by atoms with E-state index in [1.807, 2.05) is 0 Å². The molecule has 5 heteroatoms. The van der Waals surface area contributed by atoms with Gasteiger partial charge < -0.3 is 10.5 Å². The second-order valence-electron chi connectivity index (χ2n) is 4.20. The Labute approximate surface area is 99.2 Å². The Balaban J connectivity index is 1.87. The maximum atomic E-state index is 13.3. The number of nitrogens with zero attached hydrogens (tertiary/aromatic N) is 1. The molecular formula is C12H16F2N2O. The van der Waals surface area contributed by atoms with Crippen LogP contribution in [-0.4, -0.2) is 31.1 Å². The molecule has 0 saturated carbocycles. The van der Waals surface area contributed by atoms with Crippen molar-refractivity contribution in [2.45, 2.75) is 12.8 Å². The number of hydrogen-bond donors (Lipinski definition) is 1. The van der Waals surface area contributed by atoms with Crippen LogP contribution in [0.4, 0.5) is 14.5 Å². The van der Waals surface area contributed by atoms with Gasteiger partial charge in [0.05, 0.1) is 5.69 Å². The highest BCUT2D eigenvalue weighted by molar-refractivity contribution is 5.44. The fourth-order valence-corrected chi connectivity index (χ4v) is 1.95. The molecular weight excluding hydrogens is 226 g/mol. The van der Waals surface area contributed by atoms with Gasteiger partial charge in [-0.25, -0.2) is 8.78 Å². The Kier molecular flexibility index (Phi) is 3.78. The van der Waals surface area contributed by atoms with Crippen molar-refractivity contribution in [1.82, 2.24) is 4.90 Å². The molecule has 1 heterocycles. The Morgan fingerprint density at radius 3 is 2.59 bits per heavy atom. The topological polar surface area (TPSA) is 38.5 Å². The molecule has 2 rings (SSSR count). The van der Waals surface area contributed by atoms with Crippen LogP contribution >= 0.6 is 0 Å². The molecule has 0 atom stereocenters. The predicted molar refractivity (Wildman–Crippen MR) is 61.9 cm³/mol. The van der Waals surface area contributed by atoms with Crippen LogP contribution in [0.25, 0.3) is 0 Å². The molecule has 0 aromatic heterocycles. The Morgan fingerprint density at radius 1 is 1.18 bits per heavy atom. The van der Waals surface area contributed by atoms with Crippen molar-refractivity contribution in [2.75, 3.05) is 32.0 Å². The monoisotopic (exact) mass is 242 g/mol. The van der Waals surface area contributed by atoms with E-state index in [0.29, 0.717) is 6.61 Å². The summed E-state index contributed by atoms with van der Waals surface area (Å²) in [4.78, 5) is 2.24. The summed E-state index contributed by atoms with van der Waals surface area (Å²) >= 11 is 0. The summed E-state index contributed by atoms with van der Waals surface area (Å²) in [6.07, 6.45) is 2.40. The minimum Gasteiger partial charge on any atom is -0.489 e. The minimum atomic E-state index is -0.650. The normalized spacial score (nSPS) is 16.4. The Hall–Kier alpha value is -1.36. The first-order valence-electron chi connectivity index (χ1n) is 5.76. The first-order chi connectivity index (χ1) is 8.16. The highest BCUT2D eigenvalue weighted by atomic mass is 19.1. The molecule has 1 saturated heterocycles. The number of anilines is 1. The van der Waals surface area contributed by atoms with E-state index >= 15 is 0 Å². The van der Waals surface area contributed by atoms with E-state index in [0.717, 1.165) is 31.8 Å². The van der Waals surface area contributed by atoms with E-state index in [4.69, 9.17) is 10.5 Å². The third-order valence-electron chi connectivity index (χ3n) is 2.91. The molecule has 1 aromatic rings. The van der Waals surface area contributed by atoms with Crippen LogP contribution in [0.3, 0.4) is 0 Å². The van der Waals surface area contributed by atoms with Crippen LogP contribution in [0, 0.1) is 11.6 Å². The average molecular weight is 242 g/mol. The maximum Gasteiger partial charge on any atom is 0.167 e. The molecule has 0 bridgehead atoms. The van der Waals surface area contributed by atoms with Crippen molar-refractivity contribution in [1.29, 1.82) is 0 Å². The lowest BCUT2D eigenvalue weighted by atomic mass is 10.3. The number of halogens is 2. The molecule has 17 heavy (non-hydrogen) atoms. The summed E-state index contributed by atoms with van der Waals surface area (Å²) in [7, 11) is 0. The van der Waals surface area contributed by atoms with Crippen LogP contribution in [0.1, 0.15) is 12.8 Å². The van der Waals surface area contributed by atoms with Gasteiger partial charge in [0, 0.05) is 18.7 Å². The van der Waals surface area contributed by atoms with Crippen LogP contribution in [0.5, 0.6) is 5.75 Å². The lowest BCUT2D eigenvalue weighted by molar-refractivity contribution is 0.230. The second-order valence-corrected chi connectivity index (χ2v) is 4.20. The lowest BCUT2D eigenvalue weighted by Crippen LogP contribution is -2.25. The molecule has 0 aliphatic carbocycles. The van der Waals surface area contributed by atoms with Crippen LogP contribution < -0.4 is 10.5 Å². The van der Waals surface area contributed by atoms with Gasteiger partial charge in [0.15, 0.2) is 11.6 Å². The van der Waals surface area contributed by atoms with Crippen LogP contribution in [-0.2, 0) is 0 Å². The number of rotatable bonds is 4. The summed E-state index contributed by atoms with van der Waals surface area (Å²) in [5.74, 6) is -1.34. The van der Waals surface area contributed by atoms with Gasteiger partial charge in [0.2, 0.25) is 0 Å². The predicted octanol–water partition coefficient (Wildman–Crippen LogP) is 2.02. The summed E-state index contributed by atoms with van der Waals surface area (Å²) < 4.78 is 31.7. The molecule has 2 N–H and O–H groups in total. The Bertz CT molecular complexity index is 392. The van der Waals surface area contributed by atoms with Gasteiger partial charge in [-0.3, -0.25) is 4.90 Å². The molecule has 1 aliphatic heterocycles. The van der Waals surface area contributed by atoms with Crippen molar-refractivity contribution in [2.24, 2.45) is 0 Å². The minimum absolute atomic E-state index is 0.0732. The SMILES string of the molecule is Nc1cc(F)c(OCCN2CCCC2)cc1F. The Morgan fingerprint density at radius 2 is 1.88 bits per heavy atom. The number of likely N-dealkylation sites (tertiary alicyclic amines) is 1. The summed E-state index contributed by atoms with van der Waals surface area (Å²) in [5.41, 5.74) is 5.04. The summed E-state index contributed by atoms with van der Waals surface area (Å²) in [6.45, 7) is 3.22. The van der Waals surface area contributed by atoms with Crippen molar-refractivity contribution in [3.63, 3.8) is 0 Å². The van der Waals surface area contributed by atoms with E-state index in [2.05, 4.69) is 4.90 Å². The van der Waals surface area contributed by atoms with Crippen molar-refractivity contribution in [3.05, 3.63) is 23.8 Å². The van der Waals surface area contributed by atoms with Crippen molar-refractivity contribution < 1.29 is 13.5 Å². The summed E-state index contributed by atoms with van der Waals surface area (Å²) in [5, 5.41) is 0. The zero-order valence-electron chi connectivity index (χ0n) is 9.59. The number of nitrogen functional groups attached to an aromatic ring is 1. The van der Waals surface area contributed by atoms with Gasteiger partial charge in [-0.15, -0.1) is 0 Å². The van der Waals surface area contributed by atoms with Gasteiger partial charge in [-0.1, -0.05) is 0 Å². The zero-order chi connectivity index (χ0) is 12.3. The molecule has 3 nitrogen and oxygen atoms in total. The van der Waals surface area contributed by atoms with Crippen molar-refractivity contribution >= 4 is 5.69 Å². The van der Waals surface area contributed by atoms with Crippen LogP contribution in [0.15, 0.2) is 12.1 Å². The third-order valence-corrected chi connectivity index (χ3v) is 2.91. The number of nitrogens with two attached hydrogens (primary N) is 1. The van der Waals surface area contributed by atoms with Crippen molar-refractivity contribution in [3.8, 4) is 5.75 Å². The standard InChI is InChI=1S/C12H16F2N2O/c13-9-8-12(10(14)7-11(9)15)17-6-5-16-3-1-2-4-16/h7-8H,1-6,15H2. The summed E-state index contributed by atoms with van der Waals surface area (Å²) in [6, 6.07) is 1.94. The molecule has 0 unspecified atom stereocenters. The number of ether oxygens (including phenoxy) is 1. The van der Waals surface area contributed by atoms with Gasteiger partial charge in [-0.05, 0) is 25.9 Å². The zero-order valence-corrected chi connectivity index (χ0v) is 9.59. The highest BCUT2D eigenvalue weighted by Crippen LogP contribution is 2.22. The molecule has 94 valence electrons. The van der Waals surface area contributed by atoms with Gasteiger partial charge in [-0.2, -0.15) is 0 Å². The second kappa shape index (κ2) is 5.31. The largest absolute Gasteiger partial charge is 0.489 e. The maximum absolute atomic E-state index is 13.3. The molecule has 0 amide bonds. The van der Waals surface area contributed by atoms with E-state index in [1.165, 1.54) is 12.8 Å². The van der Waals surface area contributed by atoms with E-state index < -0.39 is 11.6 Å². The quantitative estimate of drug-likeness (QED) is 0.821. The molecule has 0 spiro atoms. The molecule has 1 aromatic carbocycles. The first kappa shape index (κ1) is 12.1. The molecule has 1 fully saturated rings. The first-order valence-corrected chi connectivity index (χ1v) is 5.76. The highest BCUT2D eigenvalue weighted by Gasteiger charge is 2.12. The number of hydrogen-bond acceptors (Lipinski definition) is 3. The molecule has 0 radical (unpaired) electrons.